The lowest BCUT2D eigenvalue weighted by Crippen LogP contribution is -1.77. The Kier molecular flexibility index (Phi) is 16.8. The standard InChI is InChI=1S/C10H22.Al.3H/c1-3-5-7-9-10-8-6-4-2;;;;/h3-10H2,1-2H3;;;;. The topological polar surface area (TPSA) is 0 Å². The van der Waals surface area contributed by atoms with Crippen LogP contribution in [-0.2, 0) is 0 Å². The first-order valence-corrected chi connectivity index (χ1v) is 4.91. The van der Waals surface area contributed by atoms with E-state index in [1.54, 1.807) is 0 Å². The SMILES string of the molecule is CCCCCCCCCC.[AlH3]. The van der Waals surface area contributed by atoms with Gasteiger partial charge in [0.25, 0.3) is 0 Å². The third-order valence-corrected chi connectivity index (χ3v) is 1.96. The molecule has 0 rings (SSSR count). The van der Waals surface area contributed by atoms with Gasteiger partial charge in [-0.3, -0.25) is 0 Å². The maximum Gasteiger partial charge on any atom is 0.187 e. The summed E-state index contributed by atoms with van der Waals surface area (Å²) in [5, 5.41) is 0. The van der Waals surface area contributed by atoms with Crippen LogP contribution in [-0.4, -0.2) is 17.4 Å². The Hall–Kier alpha value is 0.532. The Bertz CT molecular complexity index is 44.8. The van der Waals surface area contributed by atoms with Gasteiger partial charge in [-0.2, -0.15) is 0 Å². The summed E-state index contributed by atoms with van der Waals surface area (Å²) < 4.78 is 0. The van der Waals surface area contributed by atoms with Gasteiger partial charge in [-0.05, 0) is 0 Å². The molecule has 0 bridgehead atoms. The monoisotopic (exact) mass is 172 g/mol. The zero-order valence-corrected chi connectivity index (χ0v) is 7.66. The summed E-state index contributed by atoms with van der Waals surface area (Å²) in [6.07, 6.45) is 11.5. The van der Waals surface area contributed by atoms with Gasteiger partial charge in [0, 0.05) is 0 Å². The fourth-order valence-electron chi connectivity index (χ4n) is 1.21. The lowest BCUT2D eigenvalue weighted by atomic mass is 10.1. The first-order valence-electron chi connectivity index (χ1n) is 4.91. The highest BCUT2D eigenvalue weighted by atomic mass is 27.0. The van der Waals surface area contributed by atoms with E-state index in [0.29, 0.717) is 0 Å². The van der Waals surface area contributed by atoms with Gasteiger partial charge in [0.05, 0.1) is 0 Å². The first-order chi connectivity index (χ1) is 4.91. The minimum absolute atomic E-state index is 0. The second-order valence-corrected chi connectivity index (χ2v) is 3.12. The fourth-order valence-corrected chi connectivity index (χ4v) is 1.21. The third-order valence-electron chi connectivity index (χ3n) is 1.96. The second-order valence-electron chi connectivity index (χ2n) is 3.12. The molecule has 0 fully saturated rings. The van der Waals surface area contributed by atoms with Gasteiger partial charge in [0.1, 0.15) is 0 Å². The van der Waals surface area contributed by atoms with Crippen LogP contribution in [0.3, 0.4) is 0 Å². The van der Waals surface area contributed by atoms with Crippen molar-refractivity contribution in [3.8, 4) is 0 Å². The Morgan fingerprint density at radius 1 is 0.545 bits per heavy atom. The maximum absolute atomic E-state index is 2.27. The average Bonchev–Trinajstić information content (AvgIpc) is 1.97. The normalized spacial score (nSPS) is 9.27. The van der Waals surface area contributed by atoms with Crippen LogP contribution < -0.4 is 0 Å². The van der Waals surface area contributed by atoms with Crippen molar-refractivity contribution in [2.24, 2.45) is 0 Å². The van der Waals surface area contributed by atoms with Crippen LogP contribution in [0.1, 0.15) is 65.2 Å². The van der Waals surface area contributed by atoms with E-state index in [0.717, 1.165) is 0 Å². The molecule has 0 heterocycles. The lowest BCUT2D eigenvalue weighted by molar-refractivity contribution is 0.585. The largest absolute Gasteiger partial charge is 0.187 e. The van der Waals surface area contributed by atoms with Gasteiger partial charge in [-0.25, -0.2) is 0 Å². The third kappa shape index (κ3) is 13.5. The van der Waals surface area contributed by atoms with E-state index in [4.69, 9.17) is 0 Å². The predicted octanol–water partition coefficient (Wildman–Crippen LogP) is 2.96. The Morgan fingerprint density at radius 3 is 1.09 bits per heavy atom. The van der Waals surface area contributed by atoms with E-state index in [9.17, 15) is 0 Å². The van der Waals surface area contributed by atoms with Gasteiger partial charge in [-0.15, -0.1) is 0 Å². The molecule has 1 heteroatoms. The molecule has 0 saturated carbocycles. The highest BCUT2D eigenvalue weighted by Crippen LogP contribution is 2.07. The molecule has 0 aliphatic carbocycles. The summed E-state index contributed by atoms with van der Waals surface area (Å²) in [6, 6.07) is 0. The van der Waals surface area contributed by atoms with E-state index in [2.05, 4.69) is 13.8 Å². The summed E-state index contributed by atoms with van der Waals surface area (Å²) in [5.74, 6) is 0. The predicted molar refractivity (Wildman–Crippen MR) is 58.2 cm³/mol. The molecule has 0 nitrogen and oxygen atoms in total. The van der Waals surface area contributed by atoms with E-state index < -0.39 is 0 Å². The van der Waals surface area contributed by atoms with Crippen molar-refractivity contribution < 1.29 is 0 Å². The second kappa shape index (κ2) is 13.1. The molecule has 68 valence electrons. The number of unbranched alkanes of at least 4 members (excludes halogenated alkanes) is 7. The van der Waals surface area contributed by atoms with Crippen LogP contribution >= 0.6 is 0 Å². The molecule has 0 saturated heterocycles. The van der Waals surface area contributed by atoms with E-state index >= 15 is 0 Å². The van der Waals surface area contributed by atoms with Gasteiger partial charge in [0.2, 0.25) is 0 Å². The molecular formula is C10H25Al. The molecule has 0 aromatic rings. The molecule has 11 heavy (non-hydrogen) atoms. The summed E-state index contributed by atoms with van der Waals surface area (Å²) in [7, 11) is 0. The van der Waals surface area contributed by atoms with Crippen molar-refractivity contribution in [3.05, 3.63) is 0 Å². The molecule has 0 aromatic heterocycles. The summed E-state index contributed by atoms with van der Waals surface area (Å²) >= 11 is 0. The minimum Gasteiger partial charge on any atom is -0.0654 e. The van der Waals surface area contributed by atoms with Gasteiger partial charge < -0.3 is 0 Å². The Morgan fingerprint density at radius 2 is 0.818 bits per heavy atom. The minimum atomic E-state index is 0. The van der Waals surface area contributed by atoms with E-state index in [1.807, 2.05) is 0 Å². The van der Waals surface area contributed by atoms with E-state index in [-0.39, 0.29) is 17.4 Å². The van der Waals surface area contributed by atoms with Gasteiger partial charge >= 0.3 is 0 Å². The number of hydrogen-bond donors (Lipinski definition) is 0. The number of hydrogen-bond acceptors (Lipinski definition) is 0. The van der Waals surface area contributed by atoms with Crippen LogP contribution in [0.2, 0.25) is 0 Å². The van der Waals surface area contributed by atoms with Crippen molar-refractivity contribution in [1.82, 2.24) is 0 Å². The quantitative estimate of drug-likeness (QED) is 0.409. The van der Waals surface area contributed by atoms with Crippen LogP contribution in [0.15, 0.2) is 0 Å². The Balaban J connectivity index is 0. The number of rotatable bonds is 7. The van der Waals surface area contributed by atoms with Crippen molar-refractivity contribution >= 4 is 17.4 Å². The van der Waals surface area contributed by atoms with Crippen molar-refractivity contribution in [2.75, 3.05) is 0 Å². The fraction of sp³-hybridized carbons (Fsp3) is 1.00. The highest BCUT2D eigenvalue weighted by molar-refractivity contribution is 5.75. The molecule has 0 aromatic carbocycles. The van der Waals surface area contributed by atoms with Crippen LogP contribution in [0.4, 0.5) is 0 Å². The van der Waals surface area contributed by atoms with Gasteiger partial charge in [0.15, 0.2) is 17.4 Å². The smallest absolute Gasteiger partial charge is 0.0654 e. The van der Waals surface area contributed by atoms with Crippen LogP contribution in [0.5, 0.6) is 0 Å². The Labute approximate surface area is 82.9 Å². The molecular weight excluding hydrogens is 147 g/mol. The molecule has 0 aliphatic heterocycles. The van der Waals surface area contributed by atoms with Gasteiger partial charge in [-0.1, -0.05) is 65.2 Å². The maximum atomic E-state index is 2.27. The van der Waals surface area contributed by atoms with E-state index in [1.165, 1.54) is 51.4 Å². The zero-order valence-electron chi connectivity index (χ0n) is 7.66. The molecule has 0 unspecified atom stereocenters. The molecule has 0 atom stereocenters. The summed E-state index contributed by atoms with van der Waals surface area (Å²) in [6.45, 7) is 4.54. The van der Waals surface area contributed by atoms with Crippen molar-refractivity contribution in [2.45, 2.75) is 65.2 Å². The van der Waals surface area contributed by atoms with Crippen LogP contribution in [0.25, 0.3) is 0 Å². The molecule has 0 amide bonds. The van der Waals surface area contributed by atoms with Crippen molar-refractivity contribution in [1.29, 1.82) is 0 Å². The molecule has 0 radical (unpaired) electrons. The molecule has 0 aliphatic rings. The lowest BCUT2D eigenvalue weighted by Gasteiger charge is -1.97. The molecule has 0 N–H and O–H groups in total. The molecule has 0 spiro atoms. The zero-order chi connectivity index (χ0) is 7.66. The summed E-state index contributed by atoms with van der Waals surface area (Å²) in [5.41, 5.74) is 0. The van der Waals surface area contributed by atoms with Crippen LogP contribution in [0, 0.1) is 0 Å². The van der Waals surface area contributed by atoms with Crippen molar-refractivity contribution in [3.63, 3.8) is 0 Å². The summed E-state index contributed by atoms with van der Waals surface area (Å²) in [4.78, 5) is 0. The highest BCUT2D eigenvalue weighted by Gasteiger charge is 1.87. The first kappa shape index (κ1) is 14.1. The average molecular weight is 172 g/mol.